The third-order valence-corrected chi connectivity index (χ3v) is 4.22. The minimum Gasteiger partial charge on any atom is -0.480 e. The van der Waals surface area contributed by atoms with Gasteiger partial charge in [0.25, 0.3) is 0 Å². The number of hydrogen-bond donors (Lipinski definition) is 9. The van der Waals surface area contributed by atoms with Crippen molar-refractivity contribution in [1.29, 1.82) is 0 Å². The minimum atomic E-state index is -1.50. The van der Waals surface area contributed by atoms with Crippen LogP contribution < -0.4 is 27.4 Å². The molecule has 0 aliphatic rings. The van der Waals surface area contributed by atoms with Crippen molar-refractivity contribution in [2.45, 2.75) is 37.0 Å². The maximum Gasteiger partial charge on any atom is 0.327 e. The Labute approximate surface area is 172 Å². The molecule has 28 heavy (non-hydrogen) atoms. The van der Waals surface area contributed by atoms with E-state index in [-0.39, 0.29) is 24.3 Å². The lowest BCUT2D eigenvalue weighted by Gasteiger charge is -2.23. The highest BCUT2D eigenvalue weighted by Gasteiger charge is 2.29. The van der Waals surface area contributed by atoms with E-state index in [1.165, 1.54) is 0 Å². The van der Waals surface area contributed by atoms with E-state index >= 15 is 0 Å². The first-order chi connectivity index (χ1) is 13.1. The number of amides is 4. The van der Waals surface area contributed by atoms with Crippen molar-refractivity contribution in [2.24, 2.45) is 11.5 Å². The molecule has 160 valence electrons. The van der Waals surface area contributed by atoms with Crippen molar-refractivity contribution in [3.05, 3.63) is 0 Å². The van der Waals surface area contributed by atoms with Gasteiger partial charge in [-0.1, -0.05) is 0 Å². The maximum atomic E-state index is 12.4. The molecule has 4 amide bonds. The summed E-state index contributed by atoms with van der Waals surface area (Å²) in [5.74, 6) is -4.87. The number of aliphatic hydroxyl groups is 1. The summed E-state index contributed by atoms with van der Waals surface area (Å²) in [5, 5.41) is 24.8. The van der Waals surface area contributed by atoms with Crippen LogP contribution >= 0.6 is 25.3 Å². The zero-order valence-corrected chi connectivity index (χ0v) is 16.6. The Morgan fingerprint density at radius 1 is 0.857 bits per heavy atom. The zero-order valence-electron chi connectivity index (χ0n) is 14.8. The van der Waals surface area contributed by atoms with E-state index in [2.05, 4.69) is 41.2 Å². The summed E-state index contributed by atoms with van der Waals surface area (Å²) in [7, 11) is 0. The summed E-state index contributed by atoms with van der Waals surface area (Å²) in [5.41, 5.74) is 10.6. The number of thiol groups is 2. The second-order valence-electron chi connectivity index (χ2n) is 5.68. The normalized spacial score (nSPS) is 14.9. The molecule has 0 aliphatic heterocycles. The molecule has 0 radical (unpaired) electrons. The molecule has 0 heterocycles. The van der Waals surface area contributed by atoms with Gasteiger partial charge >= 0.3 is 5.97 Å². The minimum absolute atomic E-state index is 0.00202. The first-order valence-electron chi connectivity index (χ1n) is 8.07. The second kappa shape index (κ2) is 13.2. The second-order valence-corrected chi connectivity index (χ2v) is 6.41. The maximum absolute atomic E-state index is 12.4. The molecule has 14 heteroatoms. The topological polar surface area (TPSA) is 214 Å². The van der Waals surface area contributed by atoms with E-state index in [0.717, 1.165) is 0 Å². The van der Waals surface area contributed by atoms with Gasteiger partial charge in [-0.2, -0.15) is 25.3 Å². The van der Waals surface area contributed by atoms with Crippen molar-refractivity contribution in [2.75, 3.05) is 18.1 Å². The predicted octanol–water partition coefficient (Wildman–Crippen LogP) is -4.03. The van der Waals surface area contributed by atoms with Crippen LogP contribution in [0.5, 0.6) is 0 Å². The lowest BCUT2D eigenvalue weighted by Crippen LogP contribution is -2.58. The van der Waals surface area contributed by atoms with Gasteiger partial charge in [-0.25, -0.2) is 4.79 Å². The van der Waals surface area contributed by atoms with E-state index in [4.69, 9.17) is 16.6 Å². The SMILES string of the molecule is NC(=O)CCC(NC(=O)C(N)CS)C(=O)NC(CO)C(=O)NC(CS)C(=O)O. The first-order valence-corrected chi connectivity index (χ1v) is 9.34. The lowest BCUT2D eigenvalue weighted by atomic mass is 10.1. The van der Waals surface area contributed by atoms with E-state index < -0.39 is 60.4 Å². The summed E-state index contributed by atoms with van der Waals surface area (Å²) in [6.07, 6.45) is -0.425. The fourth-order valence-electron chi connectivity index (χ4n) is 1.84. The number of carboxylic acid groups (broad SMARTS) is 1. The number of carboxylic acids is 1. The molecule has 0 aromatic rings. The Bertz CT molecular complexity index is 592. The Morgan fingerprint density at radius 3 is 1.79 bits per heavy atom. The van der Waals surface area contributed by atoms with Crippen LogP contribution in [0.2, 0.25) is 0 Å². The molecule has 0 rings (SSSR count). The molecule has 12 nitrogen and oxygen atoms in total. The van der Waals surface area contributed by atoms with Crippen LogP contribution in [0.25, 0.3) is 0 Å². The number of primary amides is 1. The fraction of sp³-hybridized carbons (Fsp3) is 0.643. The van der Waals surface area contributed by atoms with Crippen LogP contribution in [0.15, 0.2) is 0 Å². The van der Waals surface area contributed by atoms with Crippen LogP contribution in [0.1, 0.15) is 12.8 Å². The Hall–Kier alpha value is -2.03. The van der Waals surface area contributed by atoms with Crippen LogP contribution in [-0.4, -0.2) is 82.1 Å². The smallest absolute Gasteiger partial charge is 0.327 e. The van der Waals surface area contributed by atoms with E-state index in [1.54, 1.807) is 0 Å². The average Bonchev–Trinajstić information content (AvgIpc) is 2.65. The molecule has 4 unspecified atom stereocenters. The van der Waals surface area contributed by atoms with Gasteiger partial charge in [0.1, 0.15) is 18.1 Å². The quantitative estimate of drug-likeness (QED) is 0.128. The van der Waals surface area contributed by atoms with E-state index in [0.29, 0.717) is 0 Å². The number of nitrogens with one attached hydrogen (secondary N) is 3. The lowest BCUT2D eigenvalue weighted by molar-refractivity contribution is -0.142. The fourth-order valence-corrected chi connectivity index (χ4v) is 2.25. The van der Waals surface area contributed by atoms with Gasteiger partial charge in [-0.15, -0.1) is 0 Å². The summed E-state index contributed by atoms with van der Waals surface area (Å²) in [6, 6.07) is -5.12. The van der Waals surface area contributed by atoms with Gasteiger partial charge in [0.2, 0.25) is 23.6 Å². The molecule has 0 aromatic heterocycles. The number of carbonyl (C=O) groups excluding carboxylic acids is 4. The van der Waals surface area contributed by atoms with Crippen molar-refractivity contribution in [3.8, 4) is 0 Å². The van der Waals surface area contributed by atoms with E-state index in [9.17, 15) is 29.1 Å². The highest BCUT2D eigenvalue weighted by atomic mass is 32.1. The number of rotatable bonds is 13. The Kier molecular flexibility index (Phi) is 12.2. The van der Waals surface area contributed by atoms with Crippen LogP contribution in [0.4, 0.5) is 0 Å². The summed E-state index contributed by atoms with van der Waals surface area (Å²) in [6.45, 7) is -0.844. The van der Waals surface area contributed by atoms with Gasteiger partial charge in [-0.05, 0) is 6.42 Å². The van der Waals surface area contributed by atoms with Gasteiger partial charge in [-0.3, -0.25) is 19.2 Å². The van der Waals surface area contributed by atoms with Gasteiger partial charge in [0.05, 0.1) is 12.6 Å². The molecule has 0 bridgehead atoms. The predicted molar refractivity (Wildman–Crippen MR) is 105 cm³/mol. The molecule has 0 spiro atoms. The molecule has 0 saturated heterocycles. The molecule has 9 N–H and O–H groups in total. The molecular formula is C14H25N5O7S2. The molecule has 0 fully saturated rings. The third kappa shape index (κ3) is 9.25. The van der Waals surface area contributed by atoms with Crippen molar-refractivity contribution >= 4 is 54.9 Å². The third-order valence-electron chi connectivity index (χ3n) is 3.46. The largest absolute Gasteiger partial charge is 0.480 e. The van der Waals surface area contributed by atoms with Crippen LogP contribution in [0.3, 0.4) is 0 Å². The molecule has 0 aromatic carbocycles. The van der Waals surface area contributed by atoms with Crippen LogP contribution in [-0.2, 0) is 24.0 Å². The molecule has 4 atom stereocenters. The number of nitrogens with two attached hydrogens (primary N) is 2. The number of carbonyl (C=O) groups is 5. The molecule has 0 saturated carbocycles. The number of aliphatic hydroxyl groups excluding tert-OH is 1. The van der Waals surface area contributed by atoms with E-state index in [1.807, 2.05) is 0 Å². The first kappa shape index (κ1) is 26.0. The summed E-state index contributed by atoms with van der Waals surface area (Å²) >= 11 is 7.66. The molecule has 0 aliphatic carbocycles. The van der Waals surface area contributed by atoms with Crippen molar-refractivity contribution in [1.82, 2.24) is 16.0 Å². The number of hydrogen-bond acceptors (Lipinski definition) is 9. The van der Waals surface area contributed by atoms with Gasteiger partial charge < -0.3 is 37.6 Å². The summed E-state index contributed by atoms with van der Waals surface area (Å²) < 4.78 is 0. The highest BCUT2D eigenvalue weighted by molar-refractivity contribution is 7.80. The summed E-state index contributed by atoms with van der Waals surface area (Å²) in [4.78, 5) is 58.3. The zero-order chi connectivity index (χ0) is 21.9. The van der Waals surface area contributed by atoms with Crippen molar-refractivity contribution in [3.63, 3.8) is 0 Å². The Balaban J connectivity index is 5.16. The Morgan fingerprint density at radius 2 is 1.36 bits per heavy atom. The van der Waals surface area contributed by atoms with Crippen LogP contribution in [0, 0.1) is 0 Å². The molecular weight excluding hydrogens is 414 g/mol. The average molecular weight is 440 g/mol. The monoisotopic (exact) mass is 439 g/mol. The standard InChI is InChI=1S/C14H25N5O7S2/c15-6(4-27)11(22)17-7(1-2-10(16)21)12(23)18-8(3-20)13(24)19-9(5-28)14(25)26/h6-9,20,27-28H,1-5,15H2,(H2,16,21)(H,17,22)(H,18,23)(H,19,24)(H,25,26). The highest BCUT2D eigenvalue weighted by Crippen LogP contribution is 2.01. The number of aliphatic carboxylic acids is 1. The van der Waals surface area contributed by atoms with Gasteiger partial charge in [0, 0.05) is 17.9 Å². The van der Waals surface area contributed by atoms with Gasteiger partial charge in [0.15, 0.2) is 0 Å². The van der Waals surface area contributed by atoms with Crippen molar-refractivity contribution < 1.29 is 34.2 Å².